The molecule has 2 aliphatic rings. The van der Waals surface area contributed by atoms with Gasteiger partial charge in [0.2, 0.25) is 11.8 Å². The molecule has 1 aromatic rings. The van der Waals surface area contributed by atoms with Crippen LogP contribution in [-0.2, 0) is 9.59 Å². The highest BCUT2D eigenvalue weighted by atomic mass is 35.5. The first-order valence-corrected chi connectivity index (χ1v) is 8.84. The van der Waals surface area contributed by atoms with Gasteiger partial charge in [-0.25, -0.2) is 0 Å². The third-order valence-corrected chi connectivity index (χ3v) is 5.26. The number of rotatable bonds is 5. The summed E-state index contributed by atoms with van der Waals surface area (Å²) in [5, 5.41) is 10.8. The molecule has 1 saturated heterocycles. The molecule has 3 atom stereocenters. The van der Waals surface area contributed by atoms with Crippen molar-refractivity contribution in [1.29, 1.82) is 0 Å². The molecule has 7 heteroatoms. The zero-order chi connectivity index (χ0) is 17.3. The number of amides is 2. The highest BCUT2D eigenvalue weighted by molar-refractivity contribution is 6.37. The van der Waals surface area contributed by atoms with E-state index in [1.165, 1.54) is 4.90 Å². The number of fused-ring (bicyclic) bond motifs is 1. The minimum atomic E-state index is -0.995. The number of carbonyl (C=O) groups excluding carboxylic acids is 2. The van der Waals surface area contributed by atoms with E-state index < -0.39 is 6.10 Å². The summed E-state index contributed by atoms with van der Waals surface area (Å²) < 4.78 is 5.47. The maximum Gasteiger partial charge on any atom is 0.233 e. The zero-order valence-electron chi connectivity index (χ0n) is 13.1. The predicted octanol–water partition coefficient (Wildman–Crippen LogP) is 2.91. The van der Waals surface area contributed by atoms with E-state index in [0.29, 0.717) is 10.0 Å². The highest BCUT2D eigenvalue weighted by Gasteiger charge is 2.48. The van der Waals surface area contributed by atoms with Crippen LogP contribution in [0.4, 0.5) is 0 Å². The number of benzene rings is 1. The molecule has 0 spiro atoms. The lowest BCUT2D eigenvalue weighted by molar-refractivity contribution is -0.141. The van der Waals surface area contributed by atoms with E-state index in [2.05, 4.69) is 0 Å². The second-order valence-electron chi connectivity index (χ2n) is 6.30. The Kier molecular flexibility index (Phi) is 5.33. The number of likely N-dealkylation sites (tertiary alicyclic amines) is 1. The molecular formula is C17H19Cl2NO4. The van der Waals surface area contributed by atoms with Crippen molar-refractivity contribution in [1.82, 2.24) is 4.90 Å². The van der Waals surface area contributed by atoms with Crippen LogP contribution in [0.15, 0.2) is 18.2 Å². The Morgan fingerprint density at radius 3 is 2.21 bits per heavy atom. The molecule has 1 aliphatic carbocycles. The molecule has 1 saturated carbocycles. The number of nitrogens with zero attached hydrogens (tertiary/aromatic N) is 1. The molecule has 1 N–H and O–H groups in total. The minimum absolute atomic E-state index is 0.0628. The number of ether oxygens (including phenoxy) is 1. The smallest absolute Gasteiger partial charge is 0.233 e. The van der Waals surface area contributed by atoms with Gasteiger partial charge in [-0.15, -0.1) is 0 Å². The summed E-state index contributed by atoms with van der Waals surface area (Å²) in [7, 11) is 0. The Balaban J connectivity index is 1.60. The first-order valence-electron chi connectivity index (χ1n) is 8.09. The van der Waals surface area contributed by atoms with E-state index in [1.54, 1.807) is 18.2 Å². The molecule has 2 amide bonds. The fourth-order valence-corrected chi connectivity index (χ4v) is 3.98. The maximum atomic E-state index is 12.4. The van der Waals surface area contributed by atoms with Gasteiger partial charge in [0.1, 0.15) is 12.7 Å². The van der Waals surface area contributed by atoms with Crippen molar-refractivity contribution in [3.8, 4) is 5.75 Å². The van der Waals surface area contributed by atoms with Gasteiger partial charge >= 0.3 is 0 Å². The SMILES string of the molecule is O=C1[C@@H]2CCCC[C@H]2C(=O)N1C[C@@H](O)COc1c(Cl)cccc1Cl. The molecule has 1 aromatic carbocycles. The topological polar surface area (TPSA) is 66.8 Å². The van der Waals surface area contributed by atoms with Crippen LogP contribution in [0.1, 0.15) is 25.7 Å². The number of para-hydroxylation sites is 1. The molecule has 1 heterocycles. The lowest BCUT2D eigenvalue weighted by Gasteiger charge is -2.20. The Hall–Kier alpha value is -1.30. The first-order chi connectivity index (χ1) is 11.5. The number of imide groups is 1. The van der Waals surface area contributed by atoms with Crippen LogP contribution in [0.5, 0.6) is 5.75 Å². The van der Waals surface area contributed by atoms with Gasteiger partial charge in [-0.1, -0.05) is 42.1 Å². The van der Waals surface area contributed by atoms with Gasteiger partial charge in [0.15, 0.2) is 5.75 Å². The third-order valence-electron chi connectivity index (χ3n) is 4.66. The summed E-state index contributed by atoms with van der Waals surface area (Å²) in [5.74, 6) is -0.471. The molecule has 130 valence electrons. The largest absolute Gasteiger partial charge is 0.488 e. The van der Waals surface area contributed by atoms with E-state index in [0.717, 1.165) is 25.7 Å². The molecule has 0 bridgehead atoms. The highest BCUT2D eigenvalue weighted by Crippen LogP contribution is 2.38. The monoisotopic (exact) mass is 371 g/mol. The van der Waals surface area contributed by atoms with Crippen molar-refractivity contribution in [2.75, 3.05) is 13.2 Å². The van der Waals surface area contributed by atoms with Crippen molar-refractivity contribution in [3.63, 3.8) is 0 Å². The number of halogens is 2. The van der Waals surface area contributed by atoms with Crippen LogP contribution in [0.25, 0.3) is 0 Å². The number of β-amino-alcohol motifs (C(OH)–C–C–N with tert-alkyl or cyclic N) is 1. The van der Waals surface area contributed by atoms with Crippen LogP contribution >= 0.6 is 23.2 Å². The van der Waals surface area contributed by atoms with Gasteiger partial charge in [0, 0.05) is 0 Å². The van der Waals surface area contributed by atoms with Crippen LogP contribution < -0.4 is 4.74 Å². The summed E-state index contributed by atoms with van der Waals surface area (Å²) in [6.45, 7) is -0.164. The quantitative estimate of drug-likeness (QED) is 0.808. The van der Waals surface area contributed by atoms with E-state index in [-0.39, 0.29) is 42.6 Å². The van der Waals surface area contributed by atoms with Gasteiger partial charge in [0.25, 0.3) is 0 Å². The Morgan fingerprint density at radius 1 is 1.12 bits per heavy atom. The van der Waals surface area contributed by atoms with E-state index >= 15 is 0 Å². The fraction of sp³-hybridized carbons (Fsp3) is 0.529. The van der Waals surface area contributed by atoms with Crippen LogP contribution in [0, 0.1) is 11.8 Å². The maximum absolute atomic E-state index is 12.4. The normalized spacial score (nSPS) is 24.9. The lowest BCUT2D eigenvalue weighted by Crippen LogP contribution is -2.40. The van der Waals surface area contributed by atoms with Gasteiger partial charge < -0.3 is 9.84 Å². The molecule has 0 aromatic heterocycles. The summed E-state index contributed by atoms with van der Waals surface area (Å²) in [6.07, 6.45) is 2.47. The standard InChI is InChI=1S/C17H19Cl2NO4/c18-13-6-3-7-14(19)15(13)24-9-10(21)8-20-16(22)11-4-1-2-5-12(11)17(20)23/h3,6-7,10-12,21H,1-2,4-5,8-9H2/t10-,11-,12-/m1/s1. The van der Waals surface area contributed by atoms with Gasteiger partial charge in [-0.05, 0) is 25.0 Å². The third kappa shape index (κ3) is 3.39. The lowest BCUT2D eigenvalue weighted by atomic mass is 9.81. The van der Waals surface area contributed by atoms with Crippen molar-refractivity contribution in [3.05, 3.63) is 28.2 Å². The van der Waals surface area contributed by atoms with Crippen LogP contribution in [0.3, 0.4) is 0 Å². The second-order valence-corrected chi connectivity index (χ2v) is 7.11. The Bertz CT molecular complexity index is 607. The van der Waals surface area contributed by atoms with Crippen LogP contribution in [-0.4, -0.2) is 41.1 Å². The summed E-state index contributed by atoms with van der Waals surface area (Å²) in [4.78, 5) is 25.9. The molecule has 0 radical (unpaired) electrons. The average molecular weight is 372 g/mol. The molecule has 24 heavy (non-hydrogen) atoms. The van der Waals surface area contributed by atoms with Crippen molar-refractivity contribution in [2.45, 2.75) is 31.8 Å². The first kappa shape index (κ1) is 17.5. The number of aliphatic hydroxyl groups is 1. The number of carbonyl (C=O) groups is 2. The fourth-order valence-electron chi connectivity index (χ4n) is 3.47. The van der Waals surface area contributed by atoms with Gasteiger partial charge in [-0.3, -0.25) is 14.5 Å². The minimum Gasteiger partial charge on any atom is -0.488 e. The van der Waals surface area contributed by atoms with E-state index in [1.807, 2.05) is 0 Å². The molecule has 2 fully saturated rings. The van der Waals surface area contributed by atoms with Crippen molar-refractivity contribution >= 4 is 35.0 Å². The Labute approximate surface area is 150 Å². The predicted molar refractivity (Wildman–Crippen MR) is 90.1 cm³/mol. The number of hydrogen-bond acceptors (Lipinski definition) is 4. The molecular weight excluding hydrogens is 353 g/mol. The van der Waals surface area contributed by atoms with Crippen LogP contribution in [0.2, 0.25) is 10.0 Å². The number of hydrogen-bond donors (Lipinski definition) is 1. The average Bonchev–Trinajstić information content (AvgIpc) is 2.80. The molecule has 1 aliphatic heterocycles. The Morgan fingerprint density at radius 2 is 1.67 bits per heavy atom. The summed E-state index contributed by atoms with van der Waals surface area (Å²) >= 11 is 12.0. The van der Waals surface area contributed by atoms with Crippen molar-refractivity contribution < 1.29 is 19.4 Å². The second kappa shape index (κ2) is 7.30. The molecule has 3 rings (SSSR count). The van der Waals surface area contributed by atoms with Gasteiger partial charge in [-0.2, -0.15) is 0 Å². The van der Waals surface area contributed by atoms with E-state index in [9.17, 15) is 14.7 Å². The summed E-state index contributed by atoms with van der Waals surface area (Å²) in [5.41, 5.74) is 0. The van der Waals surface area contributed by atoms with E-state index in [4.69, 9.17) is 27.9 Å². The van der Waals surface area contributed by atoms with Gasteiger partial charge in [0.05, 0.1) is 28.4 Å². The zero-order valence-corrected chi connectivity index (χ0v) is 14.6. The summed E-state index contributed by atoms with van der Waals surface area (Å²) in [6, 6.07) is 4.96. The molecule has 5 nitrogen and oxygen atoms in total. The van der Waals surface area contributed by atoms with Crippen molar-refractivity contribution in [2.24, 2.45) is 11.8 Å². The number of aliphatic hydroxyl groups excluding tert-OH is 1. The molecule has 0 unspecified atom stereocenters.